The molecule has 0 radical (unpaired) electrons. The zero-order valence-corrected chi connectivity index (χ0v) is 15.2. The third-order valence-corrected chi connectivity index (χ3v) is 6.03. The van der Waals surface area contributed by atoms with Gasteiger partial charge in [0.25, 0.3) is 0 Å². The Bertz CT molecular complexity index is 593. The molecule has 1 heterocycles. The monoisotopic (exact) mass is 426 g/mol. The summed E-state index contributed by atoms with van der Waals surface area (Å²) in [5.74, 6) is 0. The lowest BCUT2D eigenvalue weighted by Crippen LogP contribution is -1.96. The highest BCUT2D eigenvalue weighted by atomic mass is 79.9. The molecule has 2 aromatic rings. The van der Waals surface area contributed by atoms with Crippen LogP contribution in [0.2, 0.25) is 5.02 Å². The first kappa shape index (κ1) is 14.9. The van der Waals surface area contributed by atoms with E-state index in [1.807, 2.05) is 19.1 Å². The van der Waals surface area contributed by atoms with Crippen LogP contribution in [0.5, 0.6) is 0 Å². The van der Waals surface area contributed by atoms with Gasteiger partial charge in [0.1, 0.15) is 0 Å². The molecule has 1 unspecified atom stereocenters. The van der Waals surface area contributed by atoms with E-state index in [-0.39, 0.29) is 5.38 Å². The minimum absolute atomic E-state index is 0.242. The Morgan fingerprint density at radius 1 is 1.06 bits per heavy atom. The third kappa shape index (κ3) is 2.96. The van der Waals surface area contributed by atoms with Gasteiger partial charge in [-0.3, -0.25) is 0 Å². The van der Waals surface area contributed by atoms with E-state index in [1.165, 1.54) is 11.1 Å². The Hall–Kier alpha value is 0.460. The molecule has 0 aliphatic heterocycles. The van der Waals surface area contributed by atoms with E-state index < -0.39 is 0 Å². The Morgan fingerprint density at radius 2 is 1.67 bits per heavy atom. The summed E-state index contributed by atoms with van der Waals surface area (Å²) in [7, 11) is 0. The number of hydrogen-bond acceptors (Lipinski definition) is 1. The number of hydrogen-bond donors (Lipinski definition) is 0. The fraction of sp³-hybridized carbons (Fsp3) is 0.231. The highest BCUT2D eigenvalue weighted by molar-refractivity contribution is 9.12. The average Bonchev–Trinajstić information content (AvgIpc) is 2.62. The quantitative estimate of drug-likeness (QED) is 0.458. The molecule has 0 bridgehead atoms. The van der Waals surface area contributed by atoms with Crippen LogP contribution in [0.1, 0.15) is 27.6 Å². The van der Waals surface area contributed by atoms with Gasteiger partial charge in [-0.15, -0.1) is 22.9 Å². The molecule has 1 atom stereocenters. The number of halogens is 4. The van der Waals surface area contributed by atoms with Crippen molar-refractivity contribution < 1.29 is 0 Å². The van der Waals surface area contributed by atoms with Crippen LogP contribution in [0, 0.1) is 13.8 Å². The van der Waals surface area contributed by atoms with Crippen molar-refractivity contribution in [2.24, 2.45) is 0 Å². The number of rotatable bonds is 2. The van der Waals surface area contributed by atoms with Gasteiger partial charge in [-0.1, -0.05) is 17.7 Å². The zero-order chi connectivity index (χ0) is 13.4. The Balaban J connectivity index is 2.49. The molecule has 0 fully saturated rings. The van der Waals surface area contributed by atoms with Crippen molar-refractivity contribution in [2.45, 2.75) is 19.2 Å². The van der Waals surface area contributed by atoms with E-state index in [0.717, 1.165) is 18.7 Å². The molecule has 1 aromatic carbocycles. The maximum atomic E-state index is 6.55. The smallest absolute Gasteiger partial charge is 0.0869 e. The topological polar surface area (TPSA) is 0 Å². The molecule has 0 nitrogen and oxygen atoms in total. The van der Waals surface area contributed by atoms with Crippen LogP contribution in [-0.4, -0.2) is 0 Å². The number of thiophene rings is 1. The first-order valence-electron chi connectivity index (χ1n) is 5.25. The lowest BCUT2D eigenvalue weighted by atomic mass is 10.0. The molecule has 0 N–H and O–H groups in total. The number of aryl methyl sites for hydroxylation is 2. The van der Waals surface area contributed by atoms with Gasteiger partial charge < -0.3 is 0 Å². The van der Waals surface area contributed by atoms with E-state index in [2.05, 4.69) is 44.8 Å². The van der Waals surface area contributed by atoms with Crippen LogP contribution >= 0.6 is 66.4 Å². The van der Waals surface area contributed by atoms with Crippen molar-refractivity contribution in [1.29, 1.82) is 0 Å². The van der Waals surface area contributed by atoms with Gasteiger partial charge in [0, 0.05) is 10.6 Å². The standard InChI is InChI=1S/C13H10Br2Cl2S/c1-6-3-8(10(16)4-7(6)2)12(17)9-5-11(14)18-13(9)15/h3-5,12H,1-2H3. The fourth-order valence-electron chi connectivity index (χ4n) is 1.69. The van der Waals surface area contributed by atoms with Gasteiger partial charge >= 0.3 is 0 Å². The van der Waals surface area contributed by atoms with Crippen molar-refractivity contribution in [3.63, 3.8) is 0 Å². The first-order valence-corrected chi connectivity index (χ1v) is 8.47. The molecular weight excluding hydrogens is 419 g/mol. The summed E-state index contributed by atoms with van der Waals surface area (Å²) in [4.78, 5) is 0. The van der Waals surface area contributed by atoms with Crippen molar-refractivity contribution in [3.8, 4) is 0 Å². The van der Waals surface area contributed by atoms with Crippen LogP contribution in [-0.2, 0) is 0 Å². The van der Waals surface area contributed by atoms with Gasteiger partial charge in [-0.05, 0) is 74.5 Å². The number of benzene rings is 1. The normalized spacial score (nSPS) is 12.8. The molecule has 0 spiro atoms. The number of alkyl halides is 1. The summed E-state index contributed by atoms with van der Waals surface area (Å²) in [5, 5.41) is 0.473. The van der Waals surface area contributed by atoms with Gasteiger partial charge in [-0.25, -0.2) is 0 Å². The lowest BCUT2D eigenvalue weighted by Gasteiger charge is -2.13. The molecule has 0 aliphatic carbocycles. The third-order valence-electron chi connectivity index (χ3n) is 2.84. The van der Waals surface area contributed by atoms with E-state index in [0.29, 0.717) is 5.02 Å². The van der Waals surface area contributed by atoms with Crippen molar-refractivity contribution in [3.05, 3.63) is 53.0 Å². The van der Waals surface area contributed by atoms with Gasteiger partial charge in [-0.2, -0.15) is 0 Å². The SMILES string of the molecule is Cc1cc(Cl)c(C(Cl)c2cc(Br)sc2Br)cc1C. The second-order valence-electron chi connectivity index (χ2n) is 4.10. The van der Waals surface area contributed by atoms with Gasteiger partial charge in [0.05, 0.1) is 12.9 Å². The van der Waals surface area contributed by atoms with Gasteiger partial charge in [0.15, 0.2) is 0 Å². The highest BCUT2D eigenvalue weighted by Gasteiger charge is 2.19. The van der Waals surface area contributed by atoms with Crippen LogP contribution < -0.4 is 0 Å². The molecule has 18 heavy (non-hydrogen) atoms. The molecule has 0 aliphatic rings. The first-order chi connectivity index (χ1) is 8.40. The van der Waals surface area contributed by atoms with Gasteiger partial charge in [0.2, 0.25) is 0 Å². The maximum absolute atomic E-state index is 6.55. The van der Waals surface area contributed by atoms with Crippen LogP contribution in [0.15, 0.2) is 25.8 Å². The molecular formula is C13H10Br2Cl2S. The lowest BCUT2D eigenvalue weighted by molar-refractivity contribution is 1.13. The summed E-state index contributed by atoms with van der Waals surface area (Å²) >= 11 is 21.5. The Labute approximate surface area is 138 Å². The summed E-state index contributed by atoms with van der Waals surface area (Å²) in [6.45, 7) is 4.11. The fourth-order valence-corrected chi connectivity index (χ4v) is 5.53. The molecule has 0 amide bonds. The highest BCUT2D eigenvalue weighted by Crippen LogP contribution is 2.43. The van der Waals surface area contributed by atoms with Crippen molar-refractivity contribution in [2.75, 3.05) is 0 Å². The summed E-state index contributed by atoms with van der Waals surface area (Å²) in [6.07, 6.45) is 0. The summed E-state index contributed by atoms with van der Waals surface area (Å²) in [6, 6.07) is 6.06. The van der Waals surface area contributed by atoms with Crippen LogP contribution in [0.3, 0.4) is 0 Å². The second kappa shape index (κ2) is 5.84. The molecule has 96 valence electrons. The summed E-state index contributed by atoms with van der Waals surface area (Å²) in [5.41, 5.74) is 4.37. The van der Waals surface area contributed by atoms with Crippen LogP contribution in [0.25, 0.3) is 0 Å². The van der Waals surface area contributed by atoms with E-state index in [9.17, 15) is 0 Å². The maximum Gasteiger partial charge on any atom is 0.0869 e. The molecule has 1 aromatic heterocycles. The molecule has 0 saturated carbocycles. The Morgan fingerprint density at radius 3 is 2.22 bits per heavy atom. The van der Waals surface area contributed by atoms with Crippen LogP contribution in [0.4, 0.5) is 0 Å². The molecule has 5 heteroatoms. The predicted octanol–water partition coefficient (Wildman–Crippen LogP) is 6.87. The Kier molecular flexibility index (Phi) is 4.82. The van der Waals surface area contributed by atoms with E-state index in [4.69, 9.17) is 23.2 Å². The second-order valence-corrected chi connectivity index (χ2v) is 8.69. The van der Waals surface area contributed by atoms with Crippen molar-refractivity contribution >= 4 is 66.4 Å². The largest absolute Gasteiger partial charge is 0.121 e. The van der Waals surface area contributed by atoms with E-state index in [1.54, 1.807) is 11.3 Å². The van der Waals surface area contributed by atoms with Crippen molar-refractivity contribution in [1.82, 2.24) is 0 Å². The molecule has 2 rings (SSSR count). The minimum atomic E-state index is -0.242. The van der Waals surface area contributed by atoms with E-state index >= 15 is 0 Å². The average molecular weight is 429 g/mol. The zero-order valence-electron chi connectivity index (χ0n) is 9.73. The molecule has 0 saturated heterocycles. The minimum Gasteiger partial charge on any atom is -0.121 e. The summed E-state index contributed by atoms with van der Waals surface area (Å²) < 4.78 is 2.08. The predicted molar refractivity (Wildman–Crippen MR) is 88.3 cm³/mol.